The molecule has 0 aromatic heterocycles. The Morgan fingerprint density at radius 3 is 2.48 bits per heavy atom. The molecule has 23 heavy (non-hydrogen) atoms. The summed E-state index contributed by atoms with van der Waals surface area (Å²) in [7, 11) is 0. The van der Waals surface area contributed by atoms with E-state index in [4.69, 9.17) is 0 Å². The van der Waals surface area contributed by atoms with E-state index in [0.29, 0.717) is 24.9 Å². The second-order valence-corrected chi connectivity index (χ2v) is 5.72. The zero-order valence-corrected chi connectivity index (χ0v) is 12.5. The van der Waals surface area contributed by atoms with E-state index in [-0.39, 0.29) is 49.2 Å². The van der Waals surface area contributed by atoms with Gasteiger partial charge in [0.25, 0.3) is 0 Å². The van der Waals surface area contributed by atoms with Crippen molar-refractivity contribution in [2.24, 2.45) is 0 Å². The molecule has 2 heterocycles. The molecule has 0 radical (unpaired) electrons. The lowest BCUT2D eigenvalue weighted by molar-refractivity contribution is -0.138. The second kappa shape index (κ2) is 6.06. The predicted octanol–water partition coefficient (Wildman–Crippen LogP) is 1.78. The van der Waals surface area contributed by atoms with Crippen LogP contribution < -0.4 is 4.90 Å². The molecule has 3 rings (SSSR count). The highest BCUT2D eigenvalue weighted by Gasteiger charge is 2.31. The third kappa shape index (κ3) is 2.95. The van der Waals surface area contributed by atoms with Crippen LogP contribution in [0.3, 0.4) is 0 Å². The van der Waals surface area contributed by atoms with Crippen molar-refractivity contribution in [2.75, 3.05) is 18.0 Å². The van der Waals surface area contributed by atoms with Gasteiger partial charge >= 0.3 is 0 Å². The number of carbonyl (C=O) groups excluding carboxylic acids is 3. The number of likely N-dealkylation sites (tertiary alicyclic amines) is 1. The zero-order valence-electron chi connectivity index (χ0n) is 12.5. The molecule has 0 unspecified atom stereocenters. The minimum Gasteiger partial charge on any atom is -0.312 e. The van der Waals surface area contributed by atoms with E-state index in [1.54, 1.807) is 0 Å². The van der Waals surface area contributed by atoms with Crippen molar-refractivity contribution in [2.45, 2.75) is 32.1 Å². The first-order valence-electron chi connectivity index (χ1n) is 7.59. The fourth-order valence-electron chi connectivity index (χ4n) is 3.09. The highest BCUT2D eigenvalue weighted by molar-refractivity contribution is 6.02. The molecular weight excluding hydrogens is 306 g/mol. The van der Waals surface area contributed by atoms with Gasteiger partial charge in [-0.15, -0.1) is 0 Å². The van der Waals surface area contributed by atoms with Crippen LogP contribution in [0.1, 0.15) is 31.2 Å². The average molecular weight is 322 g/mol. The summed E-state index contributed by atoms with van der Waals surface area (Å²) in [5, 5.41) is 0. The number of carbonyl (C=O) groups is 3. The van der Waals surface area contributed by atoms with E-state index in [0.717, 1.165) is 17.0 Å². The van der Waals surface area contributed by atoms with Gasteiger partial charge in [0.05, 0.1) is 5.69 Å². The van der Waals surface area contributed by atoms with Crippen LogP contribution in [-0.2, 0) is 20.8 Å². The van der Waals surface area contributed by atoms with Crippen molar-refractivity contribution in [3.8, 4) is 0 Å². The summed E-state index contributed by atoms with van der Waals surface area (Å²) < 4.78 is 27.3. The van der Waals surface area contributed by atoms with E-state index >= 15 is 0 Å². The van der Waals surface area contributed by atoms with Crippen LogP contribution in [0.5, 0.6) is 0 Å². The number of halogens is 2. The van der Waals surface area contributed by atoms with Crippen molar-refractivity contribution >= 4 is 23.4 Å². The third-order valence-corrected chi connectivity index (χ3v) is 4.24. The molecule has 1 aromatic rings. The smallest absolute Gasteiger partial charge is 0.229 e. The lowest BCUT2D eigenvalue weighted by atomic mass is 10.0. The van der Waals surface area contributed by atoms with E-state index in [9.17, 15) is 23.2 Å². The van der Waals surface area contributed by atoms with Gasteiger partial charge in [0, 0.05) is 44.0 Å². The summed E-state index contributed by atoms with van der Waals surface area (Å²) >= 11 is 0. The van der Waals surface area contributed by atoms with Crippen LogP contribution in [0.2, 0.25) is 0 Å². The molecule has 5 nitrogen and oxygen atoms in total. The molecule has 3 amide bonds. The first-order valence-corrected chi connectivity index (χ1v) is 7.59. The number of amides is 3. The number of benzene rings is 1. The highest BCUT2D eigenvalue weighted by Crippen LogP contribution is 2.31. The minimum absolute atomic E-state index is 0.0140. The Labute approximate surface area is 131 Å². The van der Waals surface area contributed by atoms with Crippen molar-refractivity contribution < 1.29 is 23.2 Å². The highest BCUT2D eigenvalue weighted by atomic mass is 19.1. The second-order valence-electron chi connectivity index (χ2n) is 5.72. The first-order chi connectivity index (χ1) is 11.0. The van der Waals surface area contributed by atoms with E-state index in [1.807, 2.05) is 0 Å². The van der Waals surface area contributed by atoms with Gasteiger partial charge in [-0.1, -0.05) is 0 Å². The molecule has 122 valence electrons. The third-order valence-electron chi connectivity index (χ3n) is 4.24. The molecule has 2 aliphatic rings. The van der Waals surface area contributed by atoms with Crippen LogP contribution in [0.15, 0.2) is 12.1 Å². The molecular formula is C16H16F2N2O3. The predicted molar refractivity (Wildman–Crippen MR) is 77.6 cm³/mol. The monoisotopic (exact) mass is 322 g/mol. The fraction of sp³-hybridized carbons (Fsp3) is 0.438. The van der Waals surface area contributed by atoms with Gasteiger partial charge in [0.2, 0.25) is 17.7 Å². The van der Waals surface area contributed by atoms with Crippen LogP contribution in [0.4, 0.5) is 14.5 Å². The Kier molecular flexibility index (Phi) is 4.11. The Hall–Kier alpha value is -2.31. The van der Waals surface area contributed by atoms with E-state index < -0.39 is 11.6 Å². The molecule has 1 saturated heterocycles. The van der Waals surface area contributed by atoms with Gasteiger partial charge in [0.1, 0.15) is 11.6 Å². The van der Waals surface area contributed by atoms with Crippen molar-refractivity contribution in [1.82, 2.24) is 4.90 Å². The molecule has 0 aliphatic carbocycles. The topological polar surface area (TPSA) is 57.7 Å². The molecule has 0 bridgehead atoms. The molecule has 1 fully saturated rings. The normalized spacial score (nSPS) is 17.7. The Bertz CT molecular complexity index is 674. The lowest BCUT2D eigenvalue weighted by Gasteiger charge is -2.30. The quantitative estimate of drug-likeness (QED) is 0.797. The van der Waals surface area contributed by atoms with Crippen molar-refractivity contribution in [3.63, 3.8) is 0 Å². The van der Waals surface area contributed by atoms with E-state index in [2.05, 4.69) is 0 Å². The summed E-state index contributed by atoms with van der Waals surface area (Å²) in [4.78, 5) is 37.9. The van der Waals surface area contributed by atoms with Crippen molar-refractivity contribution in [1.29, 1.82) is 0 Å². The van der Waals surface area contributed by atoms with Gasteiger partial charge in [0.15, 0.2) is 0 Å². The molecule has 0 N–H and O–H groups in total. The SMILES string of the molecule is O=C1CCC(=O)N1CCC(=O)N1CCCc2c(F)cc(F)cc21. The number of anilines is 1. The number of hydrogen-bond donors (Lipinski definition) is 0. The first kappa shape index (κ1) is 15.6. The van der Waals surface area contributed by atoms with Crippen LogP contribution in [0, 0.1) is 11.6 Å². The summed E-state index contributed by atoms with van der Waals surface area (Å²) in [6.07, 6.45) is 1.35. The summed E-state index contributed by atoms with van der Waals surface area (Å²) in [5.74, 6) is -2.28. The molecule has 2 aliphatic heterocycles. The molecule has 7 heteroatoms. The maximum atomic E-state index is 13.8. The van der Waals surface area contributed by atoms with Crippen LogP contribution in [-0.4, -0.2) is 35.7 Å². The van der Waals surface area contributed by atoms with E-state index in [1.165, 1.54) is 4.90 Å². The Morgan fingerprint density at radius 2 is 1.78 bits per heavy atom. The summed E-state index contributed by atoms with van der Waals surface area (Å²) in [6, 6.07) is 1.97. The number of fused-ring (bicyclic) bond motifs is 1. The largest absolute Gasteiger partial charge is 0.312 e. The number of imide groups is 1. The number of nitrogens with zero attached hydrogens (tertiary/aromatic N) is 2. The Morgan fingerprint density at radius 1 is 1.09 bits per heavy atom. The van der Waals surface area contributed by atoms with Crippen LogP contribution in [0.25, 0.3) is 0 Å². The lowest BCUT2D eigenvalue weighted by Crippen LogP contribution is -2.39. The van der Waals surface area contributed by atoms with Gasteiger partial charge in [-0.2, -0.15) is 0 Å². The van der Waals surface area contributed by atoms with Gasteiger partial charge < -0.3 is 4.90 Å². The maximum absolute atomic E-state index is 13.8. The summed E-state index contributed by atoms with van der Waals surface area (Å²) in [5.41, 5.74) is 0.581. The van der Waals surface area contributed by atoms with Crippen LogP contribution >= 0.6 is 0 Å². The summed E-state index contributed by atoms with van der Waals surface area (Å²) in [6.45, 7) is 0.386. The fourth-order valence-corrected chi connectivity index (χ4v) is 3.09. The van der Waals surface area contributed by atoms with Gasteiger partial charge in [-0.3, -0.25) is 19.3 Å². The number of hydrogen-bond acceptors (Lipinski definition) is 3. The van der Waals surface area contributed by atoms with Crippen molar-refractivity contribution in [3.05, 3.63) is 29.3 Å². The average Bonchev–Trinajstić information content (AvgIpc) is 2.83. The molecule has 1 aromatic carbocycles. The maximum Gasteiger partial charge on any atom is 0.229 e. The van der Waals surface area contributed by atoms with Gasteiger partial charge in [-0.25, -0.2) is 8.78 Å². The standard InChI is InChI=1S/C16H16F2N2O3/c17-10-8-12(18)11-2-1-6-19(13(11)9-10)16(23)5-7-20-14(21)3-4-15(20)22/h8-9H,1-7H2. The Balaban J connectivity index is 1.74. The molecule has 0 saturated carbocycles. The molecule has 0 spiro atoms. The zero-order chi connectivity index (χ0) is 16.6. The number of rotatable bonds is 3. The molecule has 0 atom stereocenters. The minimum atomic E-state index is -0.731. The van der Waals surface area contributed by atoms with Gasteiger partial charge in [-0.05, 0) is 18.9 Å².